The van der Waals surface area contributed by atoms with E-state index in [9.17, 15) is 14.4 Å². The van der Waals surface area contributed by atoms with Crippen LogP contribution in [-0.2, 0) is 9.59 Å². The number of urea groups is 1. The number of rotatable bonds is 4. The average Bonchev–Trinajstić information content (AvgIpc) is 2.49. The maximum atomic E-state index is 11.7. The lowest BCUT2D eigenvalue weighted by molar-refractivity contribution is -0.123. The zero-order valence-electron chi connectivity index (χ0n) is 11.9. The summed E-state index contributed by atoms with van der Waals surface area (Å²) < 4.78 is 11.3. The molecule has 0 spiro atoms. The standard InChI is InChI=1S/C15H11IN2O5/c1-3-4-23-12-10(16)6-8(7-11(12)22-2)5-9-13(19)17-15(21)18-14(9)20/h1,5-7H,4H2,2H3,(H2,17,18,19,20,21). The maximum Gasteiger partial charge on any atom is 0.328 e. The van der Waals surface area contributed by atoms with Gasteiger partial charge >= 0.3 is 6.03 Å². The first-order valence-electron chi connectivity index (χ1n) is 6.28. The van der Waals surface area contributed by atoms with Crippen molar-refractivity contribution in [2.24, 2.45) is 0 Å². The number of nitrogens with one attached hydrogen (secondary N) is 2. The number of halogens is 1. The molecule has 0 aliphatic carbocycles. The van der Waals surface area contributed by atoms with Crippen LogP contribution in [0.4, 0.5) is 4.79 Å². The fourth-order valence-corrected chi connectivity index (χ4v) is 2.63. The number of amides is 4. The highest BCUT2D eigenvalue weighted by Crippen LogP contribution is 2.34. The Labute approximate surface area is 145 Å². The van der Waals surface area contributed by atoms with E-state index < -0.39 is 17.8 Å². The molecule has 1 fully saturated rings. The van der Waals surface area contributed by atoms with Crippen LogP contribution in [0.5, 0.6) is 11.5 Å². The molecule has 1 heterocycles. The summed E-state index contributed by atoms with van der Waals surface area (Å²) in [6.45, 7) is 0.0831. The number of methoxy groups -OCH3 is 1. The molecule has 0 bridgehead atoms. The van der Waals surface area contributed by atoms with E-state index in [2.05, 4.69) is 5.92 Å². The highest BCUT2D eigenvalue weighted by Gasteiger charge is 2.27. The van der Waals surface area contributed by atoms with Crippen LogP contribution in [0, 0.1) is 15.9 Å². The van der Waals surface area contributed by atoms with Gasteiger partial charge in [0.15, 0.2) is 11.5 Å². The smallest absolute Gasteiger partial charge is 0.328 e. The van der Waals surface area contributed by atoms with E-state index in [1.165, 1.54) is 13.2 Å². The third-order valence-electron chi connectivity index (χ3n) is 2.81. The Morgan fingerprint density at radius 2 is 1.91 bits per heavy atom. The average molecular weight is 426 g/mol. The monoisotopic (exact) mass is 426 g/mol. The summed E-state index contributed by atoms with van der Waals surface area (Å²) in [7, 11) is 1.46. The van der Waals surface area contributed by atoms with Crippen molar-refractivity contribution in [3.63, 3.8) is 0 Å². The molecule has 1 aliphatic rings. The number of carbonyl (C=O) groups is 3. The number of carbonyl (C=O) groups excluding carboxylic acids is 3. The van der Waals surface area contributed by atoms with Gasteiger partial charge < -0.3 is 9.47 Å². The Morgan fingerprint density at radius 1 is 1.26 bits per heavy atom. The summed E-state index contributed by atoms with van der Waals surface area (Å²) in [5.41, 5.74) is 0.355. The van der Waals surface area contributed by atoms with Gasteiger partial charge in [0.1, 0.15) is 12.2 Å². The lowest BCUT2D eigenvalue weighted by Crippen LogP contribution is -2.51. The van der Waals surface area contributed by atoms with Crippen molar-refractivity contribution in [1.82, 2.24) is 10.6 Å². The molecule has 0 unspecified atom stereocenters. The van der Waals surface area contributed by atoms with Crippen molar-refractivity contribution < 1.29 is 23.9 Å². The minimum Gasteiger partial charge on any atom is -0.493 e. The molecule has 0 radical (unpaired) electrons. The third kappa shape index (κ3) is 3.81. The predicted molar refractivity (Wildman–Crippen MR) is 89.7 cm³/mol. The van der Waals surface area contributed by atoms with Gasteiger partial charge in [0.2, 0.25) is 0 Å². The van der Waals surface area contributed by atoms with Crippen LogP contribution in [0.2, 0.25) is 0 Å². The molecule has 2 rings (SSSR count). The number of terminal acetylenes is 1. The first-order chi connectivity index (χ1) is 11.0. The summed E-state index contributed by atoms with van der Waals surface area (Å²) in [6.07, 6.45) is 6.52. The fraction of sp³-hybridized carbons (Fsp3) is 0.133. The molecular weight excluding hydrogens is 415 g/mol. The number of barbiturate groups is 1. The second-order valence-corrected chi connectivity index (χ2v) is 5.48. The number of hydrogen-bond acceptors (Lipinski definition) is 5. The van der Waals surface area contributed by atoms with Crippen LogP contribution in [-0.4, -0.2) is 31.6 Å². The summed E-state index contributed by atoms with van der Waals surface area (Å²) in [5.74, 6) is 1.71. The Bertz CT molecular complexity index is 742. The van der Waals surface area contributed by atoms with Gasteiger partial charge in [-0.15, -0.1) is 6.42 Å². The molecule has 1 aromatic carbocycles. The van der Waals surface area contributed by atoms with Crippen molar-refractivity contribution in [3.05, 3.63) is 26.8 Å². The summed E-state index contributed by atoms with van der Waals surface area (Å²) in [5, 5.41) is 4.01. The van der Waals surface area contributed by atoms with Crippen LogP contribution < -0.4 is 20.1 Å². The molecule has 7 nitrogen and oxygen atoms in total. The van der Waals surface area contributed by atoms with Crippen LogP contribution in [0.1, 0.15) is 5.56 Å². The Balaban J connectivity index is 2.41. The zero-order valence-corrected chi connectivity index (χ0v) is 14.1. The van der Waals surface area contributed by atoms with Crippen LogP contribution in [0.15, 0.2) is 17.7 Å². The molecule has 23 heavy (non-hydrogen) atoms. The van der Waals surface area contributed by atoms with Crippen LogP contribution >= 0.6 is 22.6 Å². The Morgan fingerprint density at radius 3 is 2.48 bits per heavy atom. The molecule has 1 saturated heterocycles. The molecular formula is C15H11IN2O5. The van der Waals surface area contributed by atoms with E-state index in [0.29, 0.717) is 20.6 Å². The Hall–Kier alpha value is -2.54. The summed E-state index contributed by atoms with van der Waals surface area (Å²) in [6, 6.07) is 2.44. The van der Waals surface area contributed by atoms with Gasteiger partial charge in [-0.3, -0.25) is 20.2 Å². The number of ether oxygens (including phenoxy) is 2. The van der Waals surface area contributed by atoms with Crippen molar-refractivity contribution >= 4 is 46.5 Å². The van der Waals surface area contributed by atoms with Gasteiger partial charge in [-0.05, 0) is 46.4 Å². The molecule has 118 valence electrons. The first kappa shape index (κ1) is 16.8. The maximum absolute atomic E-state index is 11.7. The molecule has 0 saturated carbocycles. The van der Waals surface area contributed by atoms with E-state index in [4.69, 9.17) is 15.9 Å². The van der Waals surface area contributed by atoms with Gasteiger partial charge in [0.05, 0.1) is 10.7 Å². The van der Waals surface area contributed by atoms with E-state index in [1.807, 2.05) is 33.2 Å². The number of benzene rings is 1. The molecule has 1 aliphatic heterocycles. The quantitative estimate of drug-likeness (QED) is 0.325. The normalized spacial score (nSPS) is 13.8. The fourth-order valence-electron chi connectivity index (χ4n) is 1.85. The molecule has 4 amide bonds. The summed E-state index contributed by atoms with van der Waals surface area (Å²) >= 11 is 2.02. The van der Waals surface area contributed by atoms with E-state index >= 15 is 0 Å². The van der Waals surface area contributed by atoms with Gasteiger partial charge in [-0.1, -0.05) is 5.92 Å². The lowest BCUT2D eigenvalue weighted by atomic mass is 10.1. The second-order valence-electron chi connectivity index (χ2n) is 4.32. The zero-order chi connectivity index (χ0) is 17.0. The highest BCUT2D eigenvalue weighted by molar-refractivity contribution is 14.1. The summed E-state index contributed by atoms with van der Waals surface area (Å²) in [4.78, 5) is 34.5. The van der Waals surface area contributed by atoms with E-state index in [-0.39, 0.29) is 12.2 Å². The Kier molecular flexibility index (Phi) is 5.23. The van der Waals surface area contributed by atoms with E-state index in [0.717, 1.165) is 0 Å². The highest BCUT2D eigenvalue weighted by atomic mass is 127. The van der Waals surface area contributed by atoms with Gasteiger partial charge in [0.25, 0.3) is 11.8 Å². The molecule has 0 atom stereocenters. The third-order valence-corrected chi connectivity index (χ3v) is 3.61. The van der Waals surface area contributed by atoms with Crippen LogP contribution in [0.25, 0.3) is 6.08 Å². The van der Waals surface area contributed by atoms with Gasteiger partial charge in [0, 0.05) is 0 Å². The SMILES string of the molecule is C#CCOc1c(I)cc(C=C2C(=O)NC(=O)NC2=O)cc1OC. The molecule has 2 N–H and O–H groups in total. The van der Waals surface area contributed by atoms with Crippen molar-refractivity contribution in [2.45, 2.75) is 0 Å². The minimum absolute atomic E-state index is 0.0831. The van der Waals surface area contributed by atoms with Gasteiger partial charge in [-0.2, -0.15) is 0 Å². The first-order valence-corrected chi connectivity index (χ1v) is 7.36. The largest absolute Gasteiger partial charge is 0.493 e. The van der Waals surface area contributed by atoms with Crippen molar-refractivity contribution in [3.8, 4) is 23.8 Å². The second kappa shape index (κ2) is 7.15. The van der Waals surface area contributed by atoms with Crippen LogP contribution in [0.3, 0.4) is 0 Å². The minimum atomic E-state index is -0.845. The lowest BCUT2D eigenvalue weighted by Gasteiger charge is -2.15. The molecule has 1 aromatic rings. The topological polar surface area (TPSA) is 93.7 Å². The predicted octanol–water partition coefficient (Wildman–Crippen LogP) is 1.06. The van der Waals surface area contributed by atoms with E-state index in [1.54, 1.807) is 12.1 Å². The number of imide groups is 2. The van der Waals surface area contributed by atoms with Crippen molar-refractivity contribution in [1.29, 1.82) is 0 Å². The van der Waals surface area contributed by atoms with Gasteiger partial charge in [-0.25, -0.2) is 4.79 Å². The molecule has 8 heteroatoms. The molecule has 0 aromatic heterocycles. The number of hydrogen-bond donors (Lipinski definition) is 2. The van der Waals surface area contributed by atoms with Crippen molar-refractivity contribution in [2.75, 3.05) is 13.7 Å².